The van der Waals surface area contributed by atoms with Gasteiger partial charge in [0.05, 0.1) is 6.61 Å². The van der Waals surface area contributed by atoms with Gasteiger partial charge in [0, 0.05) is 0 Å². The van der Waals surface area contributed by atoms with E-state index in [0.29, 0.717) is 5.56 Å². The summed E-state index contributed by atoms with van der Waals surface area (Å²) in [5.41, 5.74) is 0.690. The average molecular weight is 230 g/mol. The summed E-state index contributed by atoms with van der Waals surface area (Å²) < 4.78 is 32.6. The van der Waals surface area contributed by atoms with Crippen LogP contribution < -0.4 is 0 Å². The lowest BCUT2D eigenvalue weighted by Gasteiger charge is -1.98. The zero-order chi connectivity index (χ0) is 11.7. The summed E-state index contributed by atoms with van der Waals surface area (Å²) in [5, 5.41) is 0. The van der Waals surface area contributed by atoms with Crippen molar-refractivity contribution in [2.75, 3.05) is 0 Å². The second-order valence-electron chi connectivity index (χ2n) is 2.58. The highest BCUT2D eigenvalue weighted by atomic mass is 32.3. The Morgan fingerprint density at radius 2 is 1.87 bits per heavy atom. The molecule has 0 aromatic heterocycles. The second kappa shape index (κ2) is 7.17. The van der Waals surface area contributed by atoms with Gasteiger partial charge in [0.15, 0.2) is 0 Å². The standard InChI is InChI=1S/C7H8O4S.C3H6/c8-12(9,10)11-6-7-4-2-1-3-5-7;1-3-2/h1-5H,6H2,(H,8,9,10);3H,1H2,2H3. The molecule has 0 aliphatic heterocycles. The van der Waals surface area contributed by atoms with Gasteiger partial charge >= 0.3 is 10.4 Å². The van der Waals surface area contributed by atoms with Crippen molar-refractivity contribution >= 4 is 10.4 Å². The third-order valence-corrected chi connectivity index (χ3v) is 1.63. The molecule has 0 radical (unpaired) electrons. The van der Waals surface area contributed by atoms with Crippen LogP contribution in [0.25, 0.3) is 0 Å². The van der Waals surface area contributed by atoms with Gasteiger partial charge in [0.25, 0.3) is 0 Å². The summed E-state index contributed by atoms with van der Waals surface area (Å²) in [4.78, 5) is 0. The molecule has 0 spiro atoms. The fourth-order valence-corrected chi connectivity index (χ4v) is 1.00. The molecule has 0 bridgehead atoms. The minimum absolute atomic E-state index is 0.139. The van der Waals surface area contributed by atoms with E-state index >= 15 is 0 Å². The molecule has 0 saturated carbocycles. The lowest BCUT2D eigenvalue weighted by molar-refractivity contribution is 0.259. The second-order valence-corrected chi connectivity index (χ2v) is 3.67. The third kappa shape index (κ3) is 9.14. The molecule has 0 aliphatic carbocycles. The summed E-state index contributed by atoms with van der Waals surface area (Å²) >= 11 is 0. The van der Waals surface area contributed by atoms with Crippen molar-refractivity contribution in [3.63, 3.8) is 0 Å². The van der Waals surface area contributed by atoms with Crippen LogP contribution in [0.1, 0.15) is 12.5 Å². The molecule has 1 aromatic rings. The Morgan fingerprint density at radius 1 is 1.40 bits per heavy atom. The Hall–Kier alpha value is -1.17. The van der Waals surface area contributed by atoms with Crippen LogP contribution in [0, 0.1) is 0 Å². The van der Waals surface area contributed by atoms with Gasteiger partial charge in [-0.15, -0.1) is 6.58 Å². The number of rotatable bonds is 3. The van der Waals surface area contributed by atoms with E-state index in [9.17, 15) is 8.42 Å². The maximum atomic E-state index is 10.1. The Bertz CT molecular complexity index is 370. The topological polar surface area (TPSA) is 63.6 Å². The van der Waals surface area contributed by atoms with Gasteiger partial charge in [-0.1, -0.05) is 36.4 Å². The molecule has 5 heteroatoms. The zero-order valence-electron chi connectivity index (χ0n) is 8.46. The highest BCUT2D eigenvalue weighted by Crippen LogP contribution is 2.01. The Kier molecular flexibility index (Phi) is 6.61. The lowest BCUT2D eigenvalue weighted by atomic mass is 10.2. The molecule has 0 unspecified atom stereocenters. The predicted octanol–water partition coefficient (Wildman–Crippen LogP) is 2.20. The fraction of sp³-hybridized carbons (Fsp3) is 0.200. The minimum Gasteiger partial charge on any atom is -0.264 e. The highest BCUT2D eigenvalue weighted by Gasteiger charge is 2.03. The molecule has 1 aromatic carbocycles. The molecule has 0 saturated heterocycles. The molecular weight excluding hydrogens is 216 g/mol. The van der Waals surface area contributed by atoms with Crippen molar-refractivity contribution in [1.29, 1.82) is 0 Å². The molecule has 0 amide bonds. The third-order valence-electron chi connectivity index (χ3n) is 1.22. The van der Waals surface area contributed by atoms with E-state index in [1.165, 1.54) is 0 Å². The van der Waals surface area contributed by atoms with E-state index in [0.717, 1.165) is 0 Å². The van der Waals surface area contributed by atoms with E-state index in [-0.39, 0.29) is 6.61 Å². The van der Waals surface area contributed by atoms with Crippen LogP contribution in [0.4, 0.5) is 0 Å². The average Bonchev–Trinajstić information content (AvgIpc) is 2.17. The van der Waals surface area contributed by atoms with Gasteiger partial charge in [0.1, 0.15) is 0 Å². The minimum atomic E-state index is -4.32. The molecule has 15 heavy (non-hydrogen) atoms. The molecule has 4 nitrogen and oxygen atoms in total. The normalized spacial score (nSPS) is 10.0. The monoisotopic (exact) mass is 230 g/mol. The van der Waals surface area contributed by atoms with Crippen molar-refractivity contribution in [2.24, 2.45) is 0 Å². The zero-order valence-corrected chi connectivity index (χ0v) is 9.28. The van der Waals surface area contributed by atoms with Crippen molar-refractivity contribution in [3.05, 3.63) is 48.6 Å². The van der Waals surface area contributed by atoms with Crippen molar-refractivity contribution in [3.8, 4) is 0 Å². The van der Waals surface area contributed by atoms with Crippen LogP contribution in [0.3, 0.4) is 0 Å². The first-order valence-electron chi connectivity index (χ1n) is 4.22. The molecule has 1 N–H and O–H groups in total. The molecule has 84 valence electrons. The molecule has 1 rings (SSSR count). The first-order chi connectivity index (χ1) is 6.99. The van der Waals surface area contributed by atoms with E-state index in [1.54, 1.807) is 36.4 Å². The van der Waals surface area contributed by atoms with Crippen LogP contribution in [0.15, 0.2) is 43.0 Å². The fourth-order valence-electron chi connectivity index (χ4n) is 0.717. The summed E-state index contributed by atoms with van der Waals surface area (Å²) in [6.45, 7) is 5.11. The smallest absolute Gasteiger partial charge is 0.264 e. The SMILES string of the molecule is C=CC.O=S(=O)(O)OCc1ccccc1. The van der Waals surface area contributed by atoms with Gasteiger partial charge in [-0.2, -0.15) is 8.42 Å². The number of hydrogen-bond donors (Lipinski definition) is 1. The summed E-state index contributed by atoms with van der Waals surface area (Å²) in [6, 6.07) is 8.71. The first-order valence-corrected chi connectivity index (χ1v) is 5.59. The number of hydrogen-bond acceptors (Lipinski definition) is 3. The molecular formula is C10H14O4S. The van der Waals surface area contributed by atoms with Gasteiger partial charge in [-0.25, -0.2) is 4.18 Å². The Balaban J connectivity index is 0.000000583. The van der Waals surface area contributed by atoms with Crippen LogP contribution >= 0.6 is 0 Å². The quantitative estimate of drug-likeness (QED) is 0.638. The van der Waals surface area contributed by atoms with Gasteiger partial charge in [0.2, 0.25) is 0 Å². The van der Waals surface area contributed by atoms with Crippen molar-refractivity contribution in [2.45, 2.75) is 13.5 Å². The number of allylic oxidation sites excluding steroid dienone is 1. The summed E-state index contributed by atoms with van der Waals surface area (Å²) in [6.07, 6.45) is 1.75. The maximum Gasteiger partial charge on any atom is 0.397 e. The molecule has 0 atom stereocenters. The lowest BCUT2D eigenvalue weighted by Crippen LogP contribution is -2.03. The van der Waals surface area contributed by atoms with Crippen LogP contribution in [-0.4, -0.2) is 13.0 Å². The summed E-state index contributed by atoms with van der Waals surface area (Å²) in [7, 11) is -4.32. The first kappa shape index (κ1) is 13.8. The van der Waals surface area contributed by atoms with Crippen molar-refractivity contribution < 1.29 is 17.2 Å². The van der Waals surface area contributed by atoms with Gasteiger partial charge in [-0.3, -0.25) is 4.55 Å². The summed E-state index contributed by atoms with van der Waals surface area (Å²) in [5.74, 6) is 0. The predicted molar refractivity (Wildman–Crippen MR) is 58.7 cm³/mol. The van der Waals surface area contributed by atoms with E-state index in [4.69, 9.17) is 4.55 Å². The van der Waals surface area contributed by atoms with Gasteiger partial charge in [-0.05, 0) is 12.5 Å². The van der Waals surface area contributed by atoms with E-state index in [2.05, 4.69) is 10.8 Å². The van der Waals surface area contributed by atoms with Crippen LogP contribution in [0.5, 0.6) is 0 Å². The van der Waals surface area contributed by atoms with E-state index < -0.39 is 10.4 Å². The van der Waals surface area contributed by atoms with E-state index in [1.807, 2.05) is 6.92 Å². The molecule has 0 heterocycles. The van der Waals surface area contributed by atoms with Crippen LogP contribution in [0.2, 0.25) is 0 Å². The largest absolute Gasteiger partial charge is 0.397 e. The van der Waals surface area contributed by atoms with Crippen molar-refractivity contribution in [1.82, 2.24) is 0 Å². The molecule has 0 fully saturated rings. The maximum absolute atomic E-state index is 10.1. The molecule has 0 aliphatic rings. The highest BCUT2D eigenvalue weighted by molar-refractivity contribution is 7.80. The Labute approximate surface area is 90.2 Å². The van der Waals surface area contributed by atoms with Crippen LogP contribution in [-0.2, 0) is 21.2 Å². The number of benzene rings is 1. The Morgan fingerprint density at radius 3 is 2.27 bits per heavy atom. The van der Waals surface area contributed by atoms with Gasteiger partial charge < -0.3 is 0 Å².